The molecule has 0 bridgehead atoms. The number of carbonyl (C=O) groups excluding carboxylic acids is 2. The summed E-state index contributed by atoms with van der Waals surface area (Å²) < 4.78 is 0. The maximum absolute atomic E-state index is 11.6. The molecule has 94 valence electrons. The van der Waals surface area contributed by atoms with E-state index in [1.807, 2.05) is 18.2 Å². The van der Waals surface area contributed by atoms with Gasteiger partial charge in [0.25, 0.3) is 0 Å². The van der Waals surface area contributed by atoms with E-state index >= 15 is 0 Å². The zero-order valence-electron chi connectivity index (χ0n) is 9.56. The Labute approximate surface area is 115 Å². The Morgan fingerprint density at radius 2 is 2.22 bits per heavy atom. The molecule has 1 atom stereocenters. The van der Waals surface area contributed by atoms with Crippen molar-refractivity contribution in [1.82, 2.24) is 5.32 Å². The van der Waals surface area contributed by atoms with E-state index in [9.17, 15) is 9.59 Å². The molecule has 1 heterocycles. The van der Waals surface area contributed by atoms with Gasteiger partial charge in [-0.1, -0.05) is 41.6 Å². The number of hydrogen-bond donors (Lipinski definition) is 1. The summed E-state index contributed by atoms with van der Waals surface area (Å²) >= 11 is 7.23. The number of hydrogen-bond acceptors (Lipinski definition) is 3. The minimum Gasteiger partial charge on any atom is -0.342 e. The Morgan fingerprint density at radius 1 is 1.44 bits per heavy atom. The molecule has 1 fully saturated rings. The van der Waals surface area contributed by atoms with Crippen LogP contribution in [0.15, 0.2) is 30.3 Å². The van der Waals surface area contributed by atoms with Gasteiger partial charge in [-0.05, 0) is 24.1 Å². The summed E-state index contributed by atoms with van der Waals surface area (Å²) in [6.45, 7) is 0. The van der Waals surface area contributed by atoms with Crippen molar-refractivity contribution in [1.29, 1.82) is 0 Å². The van der Waals surface area contributed by atoms with Crippen molar-refractivity contribution >= 4 is 40.5 Å². The minimum absolute atomic E-state index is 0.0366. The van der Waals surface area contributed by atoms with Crippen LogP contribution in [0.1, 0.15) is 12.0 Å². The Morgan fingerprint density at radius 3 is 2.89 bits per heavy atom. The maximum atomic E-state index is 11.6. The molecule has 0 aliphatic carbocycles. The standard InChI is InChI=1S/C13H12ClNO2S/c14-10-4-2-1-3-9(10)5-6-12(16)15-11-7-8-18-13(11)17/h1-6,11H,7-8H2,(H,15,16)/b6-5+/t11-/m1/s1. The van der Waals surface area contributed by atoms with Gasteiger partial charge in [0.1, 0.15) is 0 Å². The fraction of sp³-hybridized carbons (Fsp3) is 0.231. The molecule has 0 saturated carbocycles. The van der Waals surface area contributed by atoms with E-state index in [1.54, 1.807) is 12.1 Å². The first kappa shape index (κ1) is 13.2. The molecular formula is C13H12ClNO2S. The van der Waals surface area contributed by atoms with Gasteiger partial charge < -0.3 is 5.32 Å². The molecule has 2 rings (SSSR count). The van der Waals surface area contributed by atoms with Crippen molar-refractivity contribution in [3.8, 4) is 0 Å². The van der Waals surface area contributed by atoms with Crippen LogP contribution in [0.5, 0.6) is 0 Å². The molecule has 1 N–H and O–H groups in total. The van der Waals surface area contributed by atoms with Crippen molar-refractivity contribution in [2.45, 2.75) is 12.5 Å². The zero-order valence-corrected chi connectivity index (χ0v) is 11.1. The second-order valence-electron chi connectivity index (χ2n) is 3.87. The quantitative estimate of drug-likeness (QED) is 0.866. The van der Waals surface area contributed by atoms with Crippen LogP contribution in [0, 0.1) is 0 Å². The summed E-state index contributed by atoms with van der Waals surface area (Å²) in [5.74, 6) is 0.508. The third-order valence-corrected chi connectivity index (χ3v) is 3.92. The van der Waals surface area contributed by atoms with E-state index in [0.29, 0.717) is 11.4 Å². The summed E-state index contributed by atoms with van der Waals surface area (Å²) in [7, 11) is 0. The van der Waals surface area contributed by atoms with Gasteiger partial charge in [0, 0.05) is 16.9 Å². The lowest BCUT2D eigenvalue weighted by Gasteiger charge is -2.07. The molecule has 1 saturated heterocycles. The molecule has 1 aromatic rings. The highest BCUT2D eigenvalue weighted by atomic mass is 35.5. The summed E-state index contributed by atoms with van der Waals surface area (Å²) in [6, 6.07) is 6.91. The van der Waals surface area contributed by atoms with Gasteiger partial charge in [0.2, 0.25) is 11.0 Å². The number of halogens is 1. The van der Waals surface area contributed by atoms with Crippen LogP contribution in [0.25, 0.3) is 6.08 Å². The number of carbonyl (C=O) groups is 2. The Hall–Kier alpha value is -1.26. The molecular weight excluding hydrogens is 270 g/mol. The monoisotopic (exact) mass is 281 g/mol. The number of benzene rings is 1. The smallest absolute Gasteiger partial charge is 0.244 e. The van der Waals surface area contributed by atoms with E-state index < -0.39 is 0 Å². The highest BCUT2D eigenvalue weighted by Gasteiger charge is 2.25. The van der Waals surface area contributed by atoms with Crippen molar-refractivity contribution in [2.75, 3.05) is 5.75 Å². The predicted octanol–water partition coefficient (Wildman–Crippen LogP) is 2.50. The molecule has 1 aliphatic rings. The topological polar surface area (TPSA) is 46.2 Å². The SMILES string of the molecule is O=C(/C=C/c1ccccc1Cl)N[C@@H]1CCSC1=O. The van der Waals surface area contributed by atoms with Gasteiger partial charge >= 0.3 is 0 Å². The third kappa shape index (κ3) is 3.37. The van der Waals surface area contributed by atoms with E-state index in [0.717, 1.165) is 11.3 Å². The summed E-state index contributed by atoms with van der Waals surface area (Å²) in [6.07, 6.45) is 3.75. The maximum Gasteiger partial charge on any atom is 0.244 e. The highest BCUT2D eigenvalue weighted by molar-refractivity contribution is 8.14. The van der Waals surface area contributed by atoms with Gasteiger partial charge in [0.15, 0.2) is 0 Å². The van der Waals surface area contributed by atoms with Gasteiger partial charge in [-0.15, -0.1) is 0 Å². The molecule has 1 aromatic carbocycles. The molecule has 1 amide bonds. The third-order valence-electron chi connectivity index (χ3n) is 2.57. The summed E-state index contributed by atoms with van der Waals surface area (Å²) in [4.78, 5) is 23.0. The first-order valence-corrected chi connectivity index (χ1v) is 6.93. The average molecular weight is 282 g/mol. The van der Waals surface area contributed by atoms with E-state index in [1.165, 1.54) is 17.8 Å². The minimum atomic E-state index is -0.349. The van der Waals surface area contributed by atoms with Gasteiger partial charge in [-0.2, -0.15) is 0 Å². The van der Waals surface area contributed by atoms with Crippen LogP contribution in [0.2, 0.25) is 5.02 Å². The second-order valence-corrected chi connectivity index (χ2v) is 5.38. The fourth-order valence-electron chi connectivity index (χ4n) is 1.62. The number of nitrogens with one attached hydrogen (secondary N) is 1. The molecule has 0 aromatic heterocycles. The molecule has 1 aliphatic heterocycles. The number of amides is 1. The second kappa shape index (κ2) is 6.07. The Kier molecular flexibility index (Phi) is 4.44. The van der Waals surface area contributed by atoms with Crippen molar-refractivity contribution < 1.29 is 9.59 Å². The van der Waals surface area contributed by atoms with E-state index in [2.05, 4.69) is 5.32 Å². The van der Waals surface area contributed by atoms with Crippen LogP contribution >= 0.6 is 23.4 Å². The number of rotatable bonds is 3. The largest absolute Gasteiger partial charge is 0.342 e. The van der Waals surface area contributed by atoms with E-state index in [-0.39, 0.29) is 17.1 Å². The lowest BCUT2D eigenvalue weighted by atomic mass is 10.2. The highest BCUT2D eigenvalue weighted by Crippen LogP contribution is 2.19. The fourth-order valence-corrected chi connectivity index (χ4v) is 2.75. The van der Waals surface area contributed by atoms with Crippen molar-refractivity contribution in [3.63, 3.8) is 0 Å². The molecule has 5 heteroatoms. The van der Waals surface area contributed by atoms with Gasteiger partial charge in [-0.25, -0.2) is 0 Å². The lowest BCUT2D eigenvalue weighted by molar-refractivity contribution is -0.120. The molecule has 0 unspecified atom stereocenters. The van der Waals surface area contributed by atoms with Crippen molar-refractivity contribution in [3.05, 3.63) is 40.9 Å². The Balaban J connectivity index is 1.95. The van der Waals surface area contributed by atoms with Crippen LogP contribution in [0.3, 0.4) is 0 Å². The molecule has 3 nitrogen and oxygen atoms in total. The van der Waals surface area contributed by atoms with E-state index in [4.69, 9.17) is 11.6 Å². The first-order chi connectivity index (χ1) is 8.66. The van der Waals surface area contributed by atoms with Crippen LogP contribution < -0.4 is 5.32 Å². The van der Waals surface area contributed by atoms with Crippen LogP contribution in [-0.4, -0.2) is 22.8 Å². The lowest BCUT2D eigenvalue weighted by Crippen LogP contribution is -2.35. The van der Waals surface area contributed by atoms with Crippen LogP contribution in [0.4, 0.5) is 0 Å². The number of thioether (sulfide) groups is 1. The molecule has 0 spiro atoms. The molecule has 0 radical (unpaired) electrons. The molecule has 18 heavy (non-hydrogen) atoms. The average Bonchev–Trinajstić information content (AvgIpc) is 2.74. The zero-order chi connectivity index (χ0) is 13.0. The van der Waals surface area contributed by atoms with Gasteiger partial charge in [-0.3, -0.25) is 9.59 Å². The van der Waals surface area contributed by atoms with Gasteiger partial charge in [0.05, 0.1) is 6.04 Å². The van der Waals surface area contributed by atoms with Crippen molar-refractivity contribution in [2.24, 2.45) is 0 Å². The summed E-state index contributed by atoms with van der Waals surface area (Å²) in [5.41, 5.74) is 0.779. The summed E-state index contributed by atoms with van der Waals surface area (Å²) in [5, 5.41) is 3.31. The Bertz CT molecular complexity index is 502. The van der Waals surface area contributed by atoms with Crippen LogP contribution in [-0.2, 0) is 9.59 Å². The predicted molar refractivity (Wildman–Crippen MR) is 74.5 cm³/mol. The normalized spacial score (nSPS) is 19.4. The first-order valence-electron chi connectivity index (χ1n) is 5.56.